The molecule has 15 heavy (non-hydrogen) atoms. The molecule has 0 atom stereocenters. The Bertz CT molecular complexity index is 199. The van der Waals surface area contributed by atoms with Crippen molar-refractivity contribution in [2.24, 2.45) is 0 Å². The molecule has 0 aromatic rings. The molecule has 0 heterocycles. The summed E-state index contributed by atoms with van der Waals surface area (Å²) in [7, 11) is 0. The maximum absolute atomic E-state index is 10.6. The van der Waals surface area contributed by atoms with Gasteiger partial charge in [0.15, 0.2) is 0 Å². The molecule has 1 N–H and O–H groups in total. The Hall–Kier alpha value is -0.870. The Morgan fingerprint density at radius 3 is 2.40 bits per heavy atom. The van der Waals surface area contributed by atoms with Crippen LogP contribution >= 0.6 is 0 Å². The summed E-state index contributed by atoms with van der Waals surface area (Å²) in [6.45, 7) is 6.01. The van der Waals surface area contributed by atoms with Crippen LogP contribution in [0.2, 0.25) is 0 Å². The third-order valence-corrected chi connectivity index (χ3v) is 1.82. The van der Waals surface area contributed by atoms with Gasteiger partial charge in [0.05, 0.1) is 19.8 Å². The summed E-state index contributed by atoms with van der Waals surface area (Å²) in [5.74, 6) is -0.872. The van der Waals surface area contributed by atoms with Gasteiger partial charge in [-0.2, -0.15) is 0 Å². The third-order valence-electron chi connectivity index (χ3n) is 1.82. The first-order valence-electron chi connectivity index (χ1n) is 5.30. The fraction of sp³-hybridized carbons (Fsp3) is 0.727. The van der Waals surface area contributed by atoms with Crippen LogP contribution in [0.15, 0.2) is 11.6 Å². The van der Waals surface area contributed by atoms with E-state index >= 15 is 0 Å². The Balaban J connectivity index is 3.46. The first kappa shape index (κ1) is 14.1. The second kappa shape index (κ2) is 9.68. The molecule has 0 radical (unpaired) electrons. The third kappa shape index (κ3) is 8.15. The van der Waals surface area contributed by atoms with Crippen LogP contribution in [0.25, 0.3) is 0 Å². The van der Waals surface area contributed by atoms with E-state index in [1.165, 1.54) is 0 Å². The van der Waals surface area contributed by atoms with E-state index in [1.807, 2.05) is 13.8 Å². The van der Waals surface area contributed by atoms with Crippen molar-refractivity contribution >= 4 is 5.97 Å². The van der Waals surface area contributed by atoms with Crippen LogP contribution in [0.4, 0.5) is 0 Å². The van der Waals surface area contributed by atoms with Crippen molar-refractivity contribution in [2.75, 3.05) is 26.4 Å². The lowest BCUT2D eigenvalue weighted by Crippen LogP contribution is -2.06. The van der Waals surface area contributed by atoms with Gasteiger partial charge < -0.3 is 14.6 Å². The van der Waals surface area contributed by atoms with Crippen LogP contribution in [-0.4, -0.2) is 37.5 Å². The van der Waals surface area contributed by atoms with Gasteiger partial charge in [0.1, 0.15) is 0 Å². The van der Waals surface area contributed by atoms with Crippen LogP contribution in [0.3, 0.4) is 0 Å². The summed E-state index contributed by atoms with van der Waals surface area (Å²) in [4.78, 5) is 10.6. The first-order valence-corrected chi connectivity index (χ1v) is 5.30. The fourth-order valence-electron chi connectivity index (χ4n) is 0.990. The minimum absolute atomic E-state index is 0.338. The van der Waals surface area contributed by atoms with Gasteiger partial charge in [0.2, 0.25) is 0 Å². The molecule has 0 aliphatic carbocycles. The topological polar surface area (TPSA) is 55.8 Å². The number of rotatable bonds is 9. The van der Waals surface area contributed by atoms with E-state index in [0.717, 1.165) is 13.0 Å². The molecule has 0 spiro atoms. The standard InChI is InChI=1S/C11H20O4/c1-3-6-14-8-9-15-7-5-10(4-2)11(12)13/h5H,3-4,6-9H2,1-2H3,(H,12,13). The van der Waals surface area contributed by atoms with Crippen LogP contribution < -0.4 is 0 Å². The lowest BCUT2D eigenvalue weighted by atomic mass is 10.2. The summed E-state index contributed by atoms with van der Waals surface area (Å²) in [5.41, 5.74) is 0.393. The van der Waals surface area contributed by atoms with Crippen LogP contribution in [0.5, 0.6) is 0 Å². The van der Waals surface area contributed by atoms with Crippen molar-refractivity contribution in [1.29, 1.82) is 0 Å². The van der Waals surface area contributed by atoms with E-state index in [-0.39, 0.29) is 0 Å². The van der Waals surface area contributed by atoms with Crippen molar-refractivity contribution in [3.63, 3.8) is 0 Å². The summed E-state index contributed by atoms with van der Waals surface area (Å²) < 4.78 is 10.4. The van der Waals surface area contributed by atoms with Crippen molar-refractivity contribution in [3.8, 4) is 0 Å². The summed E-state index contributed by atoms with van der Waals surface area (Å²) >= 11 is 0. The van der Waals surface area contributed by atoms with E-state index in [4.69, 9.17) is 14.6 Å². The largest absolute Gasteiger partial charge is 0.478 e. The normalized spacial score (nSPS) is 11.7. The molecule has 4 nitrogen and oxygen atoms in total. The Morgan fingerprint density at radius 1 is 1.20 bits per heavy atom. The van der Waals surface area contributed by atoms with Crippen molar-refractivity contribution in [1.82, 2.24) is 0 Å². The molecule has 0 fully saturated rings. The summed E-state index contributed by atoms with van der Waals surface area (Å²) in [5, 5.41) is 8.70. The molecular weight excluding hydrogens is 196 g/mol. The van der Waals surface area contributed by atoms with E-state index in [2.05, 4.69) is 0 Å². The summed E-state index contributed by atoms with van der Waals surface area (Å²) in [6, 6.07) is 0. The van der Waals surface area contributed by atoms with E-state index in [1.54, 1.807) is 6.08 Å². The highest BCUT2D eigenvalue weighted by Gasteiger charge is 2.02. The highest BCUT2D eigenvalue weighted by Crippen LogP contribution is 1.99. The molecule has 0 saturated heterocycles. The quantitative estimate of drug-likeness (QED) is 0.472. The number of aliphatic carboxylic acids is 1. The number of ether oxygens (including phenoxy) is 2. The molecule has 0 amide bonds. The SMILES string of the molecule is CCCOCCOCC=C(CC)C(=O)O. The average molecular weight is 216 g/mol. The van der Waals surface area contributed by atoms with Gasteiger partial charge in [-0.25, -0.2) is 4.79 Å². The molecule has 88 valence electrons. The predicted molar refractivity (Wildman–Crippen MR) is 57.9 cm³/mol. The summed E-state index contributed by atoms with van der Waals surface area (Å²) in [6.07, 6.45) is 3.12. The van der Waals surface area contributed by atoms with Gasteiger partial charge in [-0.05, 0) is 18.9 Å². The van der Waals surface area contributed by atoms with E-state index in [9.17, 15) is 4.79 Å². The van der Waals surface area contributed by atoms with Gasteiger partial charge in [0.25, 0.3) is 0 Å². The Labute approximate surface area is 90.9 Å². The minimum atomic E-state index is -0.872. The van der Waals surface area contributed by atoms with Gasteiger partial charge in [-0.15, -0.1) is 0 Å². The Kier molecular flexibility index (Phi) is 9.11. The molecule has 4 heteroatoms. The van der Waals surface area contributed by atoms with Crippen molar-refractivity contribution in [2.45, 2.75) is 26.7 Å². The number of hydrogen-bond donors (Lipinski definition) is 1. The van der Waals surface area contributed by atoms with Gasteiger partial charge in [-0.3, -0.25) is 0 Å². The van der Waals surface area contributed by atoms with Crippen LogP contribution in [0.1, 0.15) is 26.7 Å². The van der Waals surface area contributed by atoms with E-state index in [0.29, 0.717) is 31.8 Å². The minimum Gasteiger partial charge on any atom is -0.478 e. The number of hydrogen-bond acceptors (Lipinski definition) is 3. The number of carboxylic acid groups (broad SMARTS) is 1. The lowest BCUT2D eigenvalue weighted by Gasteiger charge is -2.03. The fourth-order valence-corrected chi connectivity index (χ4v) is 0.990. The van der Waals surface area contributed by atoms with Crippen LogP contribution in [-0.2, 0) is 14.3 Å². The molecule has 0 bridgehead atoms. The number of carbonyl (C=O) groups is 1. The molecule has 0 aliphatic heterocycles. The van der Waals surface area contributed by atoms with Gasteiger partial charge >= 0.3 is 5.97 Å². The number of carboxylic acids is 1. The van der Waals surface area contributed by atoms with Crippen molar-refractivity contribution < 1.29 is 19.4 Å². The molecule has 0 unspecified atom stereocenters. The zero-order chi connectivity index (χ0) is 11.5. The molecule has 0 saturated carbocycles. The second-order valence-corrected chi connectivity index (χ2v) is 3.08. The second-order valence-electron chi connectivity index (χ2n) is 3.08. The maximum Gasteiger partial charge on any atom is 0.331 e. The average Bonchev–Trinajstić information content (AvgIpc) is 2.21. The smallest absolute Gasteiger partial charge is 0.331 e. The van der Waals surface area contributed by atoms with Crippen molar-refractivity contribution in [3.05, 3.63) is 11.6 Å². The first-order chi connectivity index (χ1) is 7.22. The zero-order valence-electron chi connectivity index (χ0n) is 9.49. The zero-order valence-corrected chi connectivity index (χ0v) is 9.49. The maximum atomic E-state index is 10.6. The van der Waals surface area contributed by atoms with Gasteiger partial charge in [0, 0.05) is 12.2 Å². The predicted octanol–water partition coefficient (Wildman–Crippen LogP) is 1.85. The lowest BCUT2D eigenvalue weighted by molar-refractivity contribution is -0.132. The Morgan fingerprint density at radius 2 is 1.87 bits per heavy atom. The van der Waals surface area contributed by atoms with E-state index < -0.39 is 5.97 Å². The molecule has 0 aromatic heterocycles. The molecular formula is C11H20O4. The molecule has 0 aliphatic rings. The van der Waals surface area contributed by atoms with Gasteiger partial charge in [-0.1, -0.05) is 13.8 Å². The molecule has 0 aromatic carbocycles. The van der Waals surface area contributed by atoms with Crippen LogP contribution in [0, 0.1) is 0 Å². The monoisotopic (exact) mass is 216 g/mol. The highest BCUT2D eigenvalue weighted by atomic mass is 16.5. The molecule has 0 rings (SSSR count). The highest BCUT2D eigenvalue weighted by molar-refractivity contribution is 5.86.